The SMILES string of the molecule is CC/C=C\C/C=C\C/C=C\C/C=C\CCCCCCC(=O)OC(COC(=O)CCCCCCCC/C=C\C/C=C\C/C=C\CCCCC)COC(=O)CCCCCCCCCCC. The number of hydrogen-bond acceptors (Lipinski definition) is 6. The summed E-state index contributed by atoms with van der Waals surface area (Å²) in [6, 6.07) is 0. The molecule has 0 radical (unpaired) electrons. The molecule has 1 atom stereocenters. The van der Waals surface area contributed by atoms with Gasteiger partial charge in [0.15, 0.2) is 6.10 Å². The molecule has 63 heavy (non-hydrogen) atoms. The Bertz CT molecular complexity index is 1240. The lowest BCUT2D eigenvalue weighted by atomic mass is 10.1. The van der Waals surface area contributed by atoms with Crippen LogP contribution in [0.15, 0.2) is 85.1 Å². The van der Waals surface area contributed by atoms with Crippen molar-refractivity contribution in [1.82, 2.24) is 0 Å². The fraction of sp³-hybridized carbons (Fsp3) is 0.702. The van der Waals surface area contributed by atoms with Crippen LogP contribution in [0.3, 0.4) is 0 Å². The first-order chi connectivity index (χ1) is 31.0. The smallest absolute Gasteiger partial charge is 0.306 e. The molecule has 0 aliphatic rings. The highest BCUT2D eigenvalue weighted by atomic mass is 16.6. The van der Waals surface area contributed by atoms with Gasteiger partial charge < -0.3 is 14.2 Å². The zero-order valence-corrected chi connectivity index (χ0v) is 41.1. The highest BCUT2D eigenvalue weighted by Gasteiger charge is 2.19. The number of unbranched alkanes of at least 4 members (excludes halogenated alkanes) is 21. The number of carbonyl (C=O) groups excluding carboxylic acids is 3. The van der Waals surface area contributed by atoms with Gasteiger partial charge in [-0.15, -0.1) is 0 Å². The second-order valence-corrected chi connectivity index (χ2v) is 17.1. The van der Waals surface area contributed by atoms with Crippen LogP contribution in [0.1, 0.15) is 239 Å². The molecule has 0 aliphatic heterocycles. The van der Waals surface area contributed by atoms with Crippen LogP contribution < -0.4 is 0 Å². The minimum atomic E-state index is -0.793. The summed E-state index contributed by atoms with van der Waals surface area (Å²) in [5.74, 6) is -0.931. The van der Waals surface area contributed by atoms with Gasteiger partial charge in [0.1, 0.15) is 13.2 Å². The van der Waals surface area contributed by atoms with Crippen molar-refractivity contribution < 1.29 is 28.6 Å². The van der Waals surface area contributed by atoms with Crippen LogP contribution in [-0.2, 0) is 28.6 Å². The summed E-state index contributed by atoms with van der Waals surface area (Å²) < 4.78 is 16.7. The van der Waals surface area contributed by atoms with Crippen LogP contribution >= 0.6 is 0 Å². The van der Waals surface area contributed by atoms with Gasteiger partial charge in [-0.2, -0.15) is 0 Å². The summed E-state index contributed by atoms with van der Waals surface area (Å²) in [5.41, 5.74) is 0. The van der Waals surface area contributed by atoms with Crippen molar-refractivity contribution >= 4 is 17.9 Å². The topological polar surface area (TPSA) is 78.9 Å². The van der Waals surface area contributed by atoms with Crippen LogP contribution in [0.25, 0.3) is 0 Å². The van der Waals surface area contributed by atoms with Crippen LogP contribution in [-0.4, -0.2) is 37.2 Å². The third-order valence-corrected chi connectivity index (χ3v) is 10.9. The summed E-state index contributed by atoms with van der Waals surface area (Å²) in [7, 11) is 0. The van der Waals surface area contributed by atoms with Gasteiger partial charge in [0.25, 0.3) is 0 Å². The van der Waals surface area contributed by atoms with Gasteiger partial charge in [-0.05, 0) is 96.3 Å². The van der Waals surface area contributed by atoms with E-state index in [-0.39, 0.29) is 31.1 Å². The highest BCUT2D eigenvalue weighted by molar-refractivity contribution is 5.71. The van der Waals surface area contributed by atoms with Crippen molar-refractivity contribution in [2.75, 3.05) is 13.2 Å². The molecule has 0 saturated heterocycles. The van der Waals surface area contributed by atoms with E-state index in [1.165, 1.54) is 83.5 Å². The van der Waals surface area contributed by atoms with Gasteiger partial charge >= 0.3 is 17.9 Å². The monoisotopic (exact) mass is 877 g/mol. The Hall–Kier alpha value is -3.41. The molecular weight excluding hydrogens is 781 g/mol. The minimum absolute atomic E-state index is 0.0904. The normalized spacial score (nSPS) is 12.7. The van der Waals surface area contributed by atoms with E-state index < -0.39 is 6.10 Å². The van der Waals surface area contributed by atoms with Crippen molar-refractivity contribution in [3.05, 3.63) is 85.1 Å². The van der Waals surface area contributed by atoms with Gasteiger partial charge in [0.2, 0.25) is 0 Å². The summed E-state index contributed by atoms with van der Waals surface area (Å²) in [6.07, 6.45) is 65.7. The first-order valence-electron chi connectivity index (χ1n) is 26.1. The quantitative estimate of drug-likeness (QED) is 0.0262. The third-order valence-electron chi connectivity index (χ3n) is 10.9. The largest absolute Gasteiger partial charge is 0.462 e. The maximum absolute atomic E-state index is 12.8. The van der Waals surface area contributed by atoms with Crippen molar-refractivity contribution in [3.63, 3.8) is 0 Å². The lowest BCUT2D eigenvalue weighted by Crippen LogP contribution is -2.30. The molecule has 0 spiro atoms. The maximum atomic E-state index is 12.8. The van der Waals surface area contributed by atoms with E-state index >= 15 is 0 Å². The zero-order chi connectivity index (χ0) is 45.8. The number of rotatable bonds is 46. The first kappa shape index (κ1) is 59.6. The number of carbonyl (C=O) groups is 3. The van der Waals surface area contributed by atoms with Crippen LogP contribution in [0, 0.1) is 0 Å². The van der Waals surface area contributed by atoms with E-state index in [9.17, 15) is 14.4 Å². The van der Waals surface area contributed by atoms with Crippen LogP contribution in [0.5, 0.6) is 0 Å². The third kappa shape index (κ3) is 49.5. The number of allylic oxidation sites excluding steroid dienone is 14. The molecule has 0 rings (SSSR count). The minimum Gasteiger partial charge on any atom is -0.462 e. The van der Waals surface area contributed by atoms with Crippen molar-refractivity contribution in [2.45, 2.75) is 245 Å². The molecule has 0 aromatic heterocycles. The summed E-state index contributed by atoms with van der Waals surface area (Å²) >= 11 is 0. The number of ether oxygens (including phenoxy) is 3. The molecule has 0 heterocycles. The molecule has 0 bridgehead atoms. The molecule has 0 aromatic carbocycles. The fourth-order valence-corrected chi connectivity index (χ4v) is 6.97. The molecule has 0 saturated carbocycles. The second-order valence-electron chi connectivity index (χ2n) is 17.1. The Labute approximate surface area is 388 Å². The van der Waals surface area contributed by atoms with Crippen LogP contribution in [0.2, 0.25) is 0 Å². The fourth-order valence-electron chi connectivity index (χ4n) is 6.97. The Morgan fingerprint density at radius 1 is 0.333 bits per heavy atom. The molecular formula is C57H96O6. The summed E-state index contributed by atoms with van der Waals surface area (Å²) in [4.78, 5) is 37.9. The van der Waals surface area contributed by atoms with Crippen molar-refractivity contribution in [2.24, 2.45) is 0 Å². The molecule has 6 heteroatoms. The van der Waals surface area contributed by atoms with Gasteiger partial charge in [-0.1, -0.05) is 209 Å². The maximum Gasteiger partial charge on any atom is 0.306 e. The van der Waals surface area contributed by atoms with E-state index in [0.29, 0.717) is 19.3 Å². The lowest BCUT2D eigenvalue weighted by molar-refractivity contribution is -0.167. The Balaban J connectivity index is 4.39. The second kappa shape index (κ2) is 51.2. The van der Waals surface area contributed by atoms with E-state index in [1.54, 1.807) is 0 Å². The van der Waals surface area contributed by atoms with E-state index in [2.05, 4.69) is 106 Å². The zero-order valence-electron chi connectivity index (χ0n) is 41.1. The number of esters is 3. The molecule has 0 aromatic rings. The Kier molecular flexibility index (Phi) is 48.5. The molecule has 0 amide bonds. The molecule has 0 N–H and O–H groups in total. The van der Waals surface area contributed by atoms with Crippen molar-refractivity contribution in [1.29, 1.82) is 0 Å². The molecule has 360 valence electrons. The summed E-state index contributed by atoms with van der Waals surface area (Å²) in [6.45, 7) is 6.44. The van der Waals surface area contributed by atoms with E-state index in [4.69, 9.17) is 14.2 Å². The van der Waals surface area contributed by atoms with Crippen molar-refractivity contribution in [3.8, 4) is 0 Å². The van der Waals surface area contributed by atoms with Gasteiger partial charge in [0.05, 0.1) is 0 Å². The van der Waals surface area contributed by atoms with Gasteiger partial charge in [-0.3, -0.25) is 14.4 Å². The highest BCUT2D eigenvalue weighted by Crippen LogP contribution is 2.14. The van der Waals surface area contributed by atoms with Gasteiger partial charge in [-0.25, -0.2) is 0 Å². The molecule has 6 nitrogen and oxygen atoms in total. The number of hydrogen-bond donors (Lipinski definition) is 0. The van der Waals surface area contributed by atoms with Gasteiger partial charge in [0, 0.05) is 19.3 Å². The van der Waals surface area contributed by atoms with E-state index in [0.717, 1.165) is 116 Å². The van der Waals surface area contributed by atoms with E-state index in [1.807, 2.05) is 0 Å². The standard InChI is InChI=1S/C57H96O6/c1-4-7-10-13-16-19-21-23-25-27-28-30-31-33-35-38-41-44-47-50-56(59)62-53-54(52-61-55(58)49-46-43-40-37-18-15-12-9-6-3)63-57(60)51-48-45-42-39-36-34-32-29-26-24-22-20-17-14-11-8-5-2/h8,11,16-17,19-20,23-26,28,30,32,34,54H,4-7,9-10,12-15,18,21-22,27,29,31,33,35-53H2,1-3H3/b11-8-,19-16-,20-17-,25-23-,26-24-,30-28-,34-32-. The first-order valence-corrected chi connectivity index (χ1v) is 26.1. The average Bonchev–Trinajstić information content (AvgIpc) is 3.28. The predicted molar refractivity (Wildman–Crippen MR) is 270 cm³/mol. The van der Waals surface area contributed by atoms with Crippen LogP contribution in [0.4, 0.5) is 0 Å². The molecule has 0 aliphatic carbocycles. The Morgan fingerprint density at radius 3 is 1.00 bits per heavy atom. The summed E-state index contributed by atoms with van der Waals surface area (Å²) in [5, 5.41) is 0. The lowest BCUT2D eigenvalue weighted by Gasteiger charge is -2.18. The Morgan fingerprint density at radius 2 is 0.619 bits per heavy atom. The predicted octanol–water partition coefficient (Wildman–Crippen LogP) is 17.2. The molecule has 0 fully saturated rings. The average molecular weight is 877 g/mol. The molecule has 1 unspecified atom stereocenters.